The smallest absolute Gasteiger partial charge is 0.264 e. The molecule has 1 aliphatic rings. The molecule has 0 spiro atoms. The van der Waals surface area contributed by atoms with Crippen LogP contribution in [-0.2, 0) is 6.54 Å². The molecule has 6 heteroatoms. The van der Waals surface area contributed by atoms with Gasteiger partial charge in [0.25, 0.3) is 6.04 Å². The second-order valence-electron chi connectivity index (χ2n) is 3.68. The minimum atomic E-state index is -0.857. The van der Waals surface area contributed by atoms with Crippen molar-refractivity contribution in [1.82, 2.24) is 0 Å². The molecule has 0 amide bonds. The Labute approximate surface area is 109 Å². The Morgan fingerprint density at radius 2 is 2.22 bits per heavy atom. The quantitative estimate of drug-likeness (QED) is 0.621. The first-order chi connectivity index (χ1) is 8.66. The Kier molecular flexibility index (Phi) is 3.84. The van der Waals surface area contributed by atoms with E-state index in [1.165, 1.54) is 12.3 Å². The highest BCUT2D eigenvalue weighted by Crippen LogP contribution is 2.16. The summed E-state index contributed by atoms with van der Waals surface area (Å²) >= 11 is 5.99. The molecule has 1 aliphatic heterocycles. The van der Waals surface area contributed by atoms with E-state index in [2.05, 4.69) is 9.98 Å². The summed E-state index contributed by atoms with van der Waals surface area (Å²) in [5, 5.41) is 11.1. The Balaban J connectivity index is 2.05. The Hall–Kier alpha value is -2.01. The van der Waals surface area contributed by atoms with Crippen molar-refractivity contribution in [2.75, 3.05) is 0 Å². The van der Waals surface area contributed by atoms with Crippen molar-refractivity contribution in [2.45, 2.75) is 12.6 Å². The molecule has 1 aromatic rings. The van der Waals surface area contributed by atoms with Gasteiger partial charge in [0, 0.05) is 9.95 Å². The highest BCUT2D eigenvalue weighted by Gasteiger charge is 2.16. The number of dihydropyridines is 1. The van der Waals surface area contributed by atoms with Crippen LogP contribution in [0, 0.1) is 10.1 Å². The zero-order valence-corrected chi connectivity index (χ0v) is 10.1. The third kappa shape index (κ3) is 3.01. The van der Waals surface area contributed by atoms with Gasteiger partial charge in [-0.25, -0.2) is 4.99 Å². The summed E-state index contributed by atoms with van der Waals surface area (Å²) in [5.41, 5.74) is 0.895. The summed E-state index contributed by atoms with van der Waals surface area (Å²) in [5.74, 6) is 0.466. The Morgan fingerprint density at radius 3 is 2.83 bits per heavy atom. The average Bonchev–Trinajstić information content (AvgIpc) is 2.38. The van der Waals surface area contributed by atoms with Crippen molar-refractivity contribution in [3.05, 3.63) is 57.1 Å². The lowest BCUT2D eigenvalue weighted by molar-refractivity contribution is -0.489. The maximum atomic E-state index is 10.5. The molecule has 1 aromatic carbocycles. The summed E-state index contributed by atoms with van der Waals surface area (Å²) in [7, 11) is 0. The fourth-order valence-corrected chi connectivity index (χ4v) is 1.64. The van der Waals surface area contributed by atoms with E-state index in [1.54, 1.807) is 12.1 Å². The standard InChI is InChI=1S/C12H10ClN3O2/c13-11-4-2-1-3-9(11)7-14-12-6-5-10(8-15-12)16(17)18/h1-6,8,10H,7H2. The van der Waals surface area contributed by atoms with Gasteiger partial charge in [-0.05, 0) is 23.8 Å². The van der Waals surface area contributed by atoms with Gasteiger partial charge < -0.3 is 0 Å². The molecule has 2 rings (SSSR count). The van der Waals surface area contributed by atoms with Crippen molar-refractivity contribution in [2.24, 2.45) is 9.98 Å². The molecule has 0 saturated heterocycles. The zero-order valence-electron chi connectivity index (χ0n) is 9.36. The van der Waals surface area contributed by atoms with Crippen LogP contribution in [0.1, 0.15) is 5.56 Å². The first-order valence-corrected chi connectivity index (χ1v) is 5.68. The molecule has 0 bridgehead atoms. The number of nitrogens with zero attached hydrogens (tertiary/aromatic N) is 3. The van der Waals surface area contributed by atoms with Crippen LogP contribution in [0.15, 0.2) is 46.4 Å². The van der Waals surface area contributed by atoms with Gasteiger partial charge in [0.1, 0.15) is 5.84 Å². The topological polar surface area (TPSA) is 67.9 Å². The molecule has 0 saturated carbocycles. The zero-order chi connectivity index (χ0) is 13.0. The van der Waals surface area contributed by atoms with Crippen LogP contribution in [0.5, 0.6) is 0 Å². The molecule has 0 aliphatic carbocycles. The average molecular weight is 264 g/mol. The molecule has 0 N–H and O–H groups in total. The molecule has 1 heterocycles. The van der Waals surface area contributed by atoms with Crippen LogP contribution in [0.4, 0.5) is 0 Å². The number of amidine groups is 1. The van der Waals surface area contributed by atoms with Gasteiger partial charge in [0.15, 0.2) is 0 Å². The van der Waals surface area contributed by atoms with Crippen LogP contribution < -0.4 is 0 Å². The number of hydrogen-bond acceptors (Lipinski definition) is 3. The Bertz CT molecular complexity index is 536. The van der Waals surface area contributed by atoms with Gasteiger partial charge in [0.05, 0.1) is 12.8 Å². The molecular weight excluding hydrogens is 254 g/mol. The van der Waals surface area contributed by atoms with E-state index >= 15 is 0 Å². The highest BCUT2D eigenvalue weighted by molar-refractivity contribution is 6.31. The lowest BCUT2D eigenvalue weighted by Crippen LogP contribution is -2.21. The molecule has 0 radical (unpaired) electrons. The predicted octanol–water partition coefficient (Wildman–Crippen LogP) is 2.52. The number of aliphatic imine (C=N–C) groups is 2. The van der Waals surface area contributed by atoms with Crippen LogP contribution in [0.2, 0.25) is 5.02 Å². The monoisotopic (exact) mass is 263 g/mol. The van der Waals surface area contributed by atoms with E-state index in [-0.39, 0.29) is 0 Å². The number of nitro groups is 1. The molecule has 92 valence electrons. The molecule has 5 nitrogen and oxygen atoms in total. The summed E-state index contributed by atoms with van der Waals surface area (Å²) in [6.45, 7) is 0.403. The van der Waals surface area contributed by atoms with E-state index in [0.29, 0.717) is 17.4 Å². The summed E-state index contributed by atoms with van der Waals surface area (Å²) < 4.78 is 0. The highest BCUT2D eigenvalue weighted by atomic mass is 35.5. The van der Waals surface area contributed by atoms with E-state index in [1.807, 2.05) is 18.2 Å². The second-order valence-corrected chi connectivity index (χ2v) is 4.09. The van der Waals surface area contributed by atoms with Gasteiger partial charge in [-0.3, -0.25) is 15.1 Å². The minimum Gasteiger partial charge on any atom is -0.264 e. The summed E-state index contributed by atoms with van der Waals surface area (Å²) in [6.07, 6.45) is 4.27. The molecule has 1 atom stereocenters. The van der Waals surface area contributed by atoms with Crippen LogP contribution in [0.25, 0.3) is 0 Å². The predicted molar refractivity (Wildman–Crippen MR) is 71.0 cm³/mol. The van der Waals surface area contributed by atoms with E-state index < -0.39 is 11.0 Å². The minimum absolute atomic E-state index is 0.403. The van der Waals surface area contributed by atoms with Crippen molar-refractivity contribution in [3.63, 3.8) is 0 Å². The maximum absolute atomic E-state index is 10.5. The van der Waals surface area contributed by atoms with Crippen molar-refractivity contribution < 1.29 is 4.92 Å². The van der Waals surface area contributed by atoms with E-state index in [0.717, 1.165) is 5.56 Å². The van der Waals surface area contributed by atoms with E-state index in [4.69, 9.17) is 11.6 Å². The lowest BCUT2D eigenvalue weighted by atomic mass is 10.2. The number of halogens is 1. The van der Waals surface area contributed by atoms with Gasteiger partial charge in [-0.15, -0.1) is 0 Å². The largest absolute Gasteiger partial charge is 0.266 e. The summed E-state index contributed by atoms with van der Waals surface area (Å²) in [4.78, 5) is 18.2. The number of hydrogen-bond donors (Lipinski definition) is 0. The fraction of sp³-hybridized carbons (Fsp3) is 0.167. The van der Waals surface area contributed by atoms with Gasteiger partial charge >= 0.3 is 0 Å². The number of benzene rings is 1. The van der Waals surface area contributed by atoms with Gasteiger partial charge in [-0.1, -0.05) is 29.8 Å². The summed E-state index contributed by atoms with van der Waals surface area (Å²) in [6, 6.07) is 6.54. The SMILES string of the molecule is O=[N+]([O-])C1C=CC(=NCc2ccccc2Cl)N=C1. The maximum Gasteiger partial charge on any atom is 0.266 e. The molecule has 1 unspecified atom stereocenters. The van der Waals surface area contributed by atoms with Crippen molar-refractivity contribution >= 4 is 23.7 Å². The van der Waals surface area contributed by atoms with Gasteiger partial charge in [0.2, 0.25) is 0 Å². The van der Waals surface area contributed by atoms with Crippen LogP contribution in [0.3, 0.4) is 0 Å². The fourth-order valence-electron chi connectivity index (χ4n) is 1.44. The third-order valence-electron chi connectivity index (χ3n) is 2.41. The number of rotatable bonds is 3. The van der Waals surface area contributed by atoms with E-state index in [9.17, 15) is 10.1 Å². The van der Waals surface area contributed by atoms with Gasteiger partial charge in [-0.2, -0.15) is 0 Å². The normalized spacial score (nSPS) is 20.3. The second kappa shape index (κ2) is 5.55. The molecule has 0 fully saturated rings. The van der Waals surface area contributed by atoms with Crippen LogP contribution >= 0.6 is 11.6 Å². The Morgan fingerprint density at radius 1 is 1.44 bits per heavy atom. The first kappa shape index (κ1) is 12.4. The van der Waals surface area contributed by atoms with Crippen molar-refractivity contribution in [1.29, 1.82) is 0 Å². The molecular formula is C12H10ClN3O2. The lowest BCUT2D eigenvalue weighted by Gasteiger charge is -2.04. The molecule has 0 aromatic heterocycles. The molecule has 18 heavy (non-hydrogen) atoms. The van der Waals surface area contributed by atoms with Crippen molar-refractivity contribution in [3.8, 4) is 0 Å². The first-order valence-electron chi connectivity index (χ1n) is 5.30. The van der Waals surface area contributed by atoms with Crippen LogP contribution in [-0.4, -0.2) is 23.0 Å². The third-order valence-corrected chi connectivity index (χ3v) is 2.78.